The third-order valence-corrected chi connectivity index (χ3v) is 2.79. The molecule has 0 saturated heterocycles. The second-order valence-corrected chi connectivity index (χ2v) is 5.56. The zero-order valence-corrected chi connectivity index (χ0v) is 12.9. The van der Waals surface area contributed by atoms with Crippen LogP contribution in [0.25, 0.3) is 0 Å². The monoisotopic (exact) mass is 278 g/mol. The number of hydrogen-bond acceptors (Lipinski definition) is 4. The van der Waals surface area contributed by atoms with Crippen molar-refractivity contribution in [2.24, 2.45) is 0 Å². The minimum Gasteiger partial charge on any atom is -0.394 e. The third kappa shape index (κ3) is 8.28. The zero-order chi connectivity index (χ0) is 14.9. The van der Waals surface area contributed by atoms with Crippen molar-refractivity contribution >= 4 is 6.72 Å². The summed E-state index contributed by atoms with van der Waals surface area (Å²) >= 11 is 0. The van der Waals surface area contributed by atoms with Crippen LogP contribution in [0.2, 0.25) is 0 Å². The van der Waals surface area contributed by atoms with Gasteiger partial charge in [0.15, 0.2) is 0 Å². The molecule has 6 nitrogen and oxygen atoms in total. The summed E-state index contributed by atoms with van der Waals surface area (Å²) in [6.07, 6.45) is -0.256. The quantitative estimate of drug-likeness (QED) is 0.267. The zero-order valence-electron chi connectivity index (χ0n) is 12.9. The molecule has 114 valence electrons. The van der Waals surface area contributed by atoms with Crippen LogP contribution in [-0.4, -0.2) is 89.9 Å². The van der Waals surface area contributed by atoms with Crippen molar-refractivity contribution in [2.45, 2.75) is 24.9 Å². The Bertz CT molecular complexity index is 243. The van der Waals surface area contributed by atoms with Gasteiger partial charge in [0.25, 0.3) is 0 Å². The molecule has 0 aliphatic carbocycles. The number of rotatable bonds is 11. The Morgan fingerprint density at radius 1 is 1.16 bits per heavy atom. The van der Waals surface area contributed by atoms with E-state index < -0.39 is 6.10 Å². The van der Waals surface area contributed by atoms with E-state index in [0.29, 0.717) is 19.5 Å². The standard InChI is InChI=1S/C13H29N2O4/c1-14-8-7-11(17-5)12(10-16)19-13(18-6)9-15(2,3)4/h11-13,16H,1,7-10H2,2-6H3/q+1/p+1. The van der Waals surface area contributed by atoms with Crippen LogP contribution >= 0.6 is 0 Å². The first-order valence-electron chi connectivity index (χ1n) is 6.50. The van der Waals surface area contributed by atoms with Gasteiger partial charge in [-0.15, -0.1) is 0 Å². The smallest absolute Gasteiger partial charge is 0.207 e. The van der Waals surface area contributed by atoms with Crippen LogP contribution < -0.4 is 4.99 Å². The van der Waals surface area contributed by atoms with Crippen LogP contribution in [0.3, 0.4) is 0 Å². The van der Waals surface area contributed by atoms with Gasteiger partial charge in [0, 0.05) is 20.6 Å². The number of ether oxygens (including phenoxy) is 3. The fraction of sp³-hybridized carbons (Fsp3) is 0.923. The van der Waals surface area contributed by atoms with E-state index in [1.165, 1.54) is 0 Å². The van der Waals surface area contributed by atoms with Crippen LogP contribution in [-0.2, 0) is 14.2 Å². The molecular weight excluding hydrogens is 248 g/mol. The lowest BCUT2D eigenvalue weighted by molar-refractivity contribution is -0.876. The first-order valence-corrected chi connectivity index (χ1v) is 6.50. The highest BCUT2D eigenvalue weighted by atomic mass is 16.7. The summed E-state index contributed by atoms with van der Waals surface area (Å²) in [6.45, 7) is 4.85. The lowest BCUT2D eigenvalue weighted by atomic mass is 10.1. The predicted octanol–water partition coefficient (Wildman–Crippen LogP) is -1.77. The molecule has 6 heteroatoms. The summed E-state index contributed by atoms with van der Waals surface area (Å²) in [5.74, 6) is 0. The molecule has 0 aliphatic rings. The minimum atomic E-state index is -0.408. The van der Waals surface area contributed by atoms with Gasteiger partial charge in [0.2, 0.25) is 6.29 Å². The van der Waals surface area contributed by atoms with Gasteiger partial charge in [-0.3, -0.25) is 4.99 Å². The van der Waals surface area contributed by atoms with Crippen molar-refractivity contribution in [1.29, 1.82) is 0 Å². The van der Waals surface area contributed by atoms with E-state index in [2.05, 4.69) is 32.9 Å². The molecule has 0 saturated carbocycles. The van der Waals surface area contributed by atoms with Crippen molar-refractivity contribution in [3.63, 3.8) is 0 Å². The number of aliphatic hydroxyl groups excluding tert-OH is 1. The Kier molecular flexibility index (Phi) is 9.12. The van der Waals surface area contributed by atoms with E-state index in [9.17, 15) is 5.11 Å². The van der Waals surface area contributed by atoms with Gasteiger partial charge < -0.3 is 23.8 Å². The number of methoxy groups -OCH3 is 2. The molecule has 0 fully saturated rings. The van der Waals surface area contributed by atoms with Crippen LogP contribution in [0.1, 0.15) is 6.42 Å². The molecule has 2 N–H and O–H groups in total. The highest BCUT2D eigenvalue weighted by Crippen LogP contribution is 2.11. The Labute approximate surface area is 116 Å². The molecule has 0 aliphatic heterocycles. The molecule has 0 amide bonds. The number of nitrogens with zero attached hydrogens (tertiary/aromatic N) is 1. The highest BCUT2D eigenvalue weighted by Gasteiger charge is 2.28. The summed E-state index contributed by atoms with van der Waals surface area (Å²) in [5, 5.41) is 9.47. The van der Waals surface area contributed by atoms with Crippen LogP contribution in [0.4, 0.5) is 0 Å². The first kappa shape index (κ1) is 18.5. The Morgan fingerprint density at radius 3 is 2.16 bits per heavy atom. The van der Waals surface area contributed by atoms with E-state index >= 15 is 0 Å². The molecule has 0 aromatic rings. The van der Waals surface area contributed by atoms with Gasteiger partial charge in [-0.2, -0.15) is 0 Å². The van der Waals surface area contributed by atoms with Gasteiger partial charge in [-0.1, -0.05) is 0 Å². The third-order valence-electron chi connectivity index (χ3n) is 2.79. The molecule has 3 unspecified atom stereocenters. The average Bonchev–Trinajstić information content (AvgIpc) is 2.35. The largest absolute Gasteiger partial charge is 0.394 e. The van der Waals surface area contributed by atoms with Gasteiger partial charge in [0.05, 0.1) is 33.9 Å². The maximum absolute atomic E-state index is 9.47. The van der Waals surface area contributed by atoms with E-state index in [-0.39, 0.29) is 19.0 Å². The van der Waals surface area contributed by atoms with Crippen molar-refractivity contribution < 1.29 is 28.8 Å². The molecule has 0 radical (unpaired) electrons. The maximum Gasteiger partial charge on any atom is 0.207 e. The molecular formula is C13H30N2O4+2. The normalized spacial score (nSPS) is 16.9. The van der Waals surface area contributed by atoms with E-state index in [1.807, 2.05) is 0 Å². The summed E-state index contributed by atoms with van der Waals surface area (Å²) in [7, 11) is 9.40. The molecule has 0 rings (SSSR count). The van der Waals surface area contributed by atoms with Crippen LogP contribution in [0, 0.1) is 0 Å². The van der Waals surface area contributed by atoms with Gasteiger partial charge in [0.1, 0.15) is 25.9 Å². The molecule has 0 spiro atoms. The molecule has 0 heterocycles. The molecule has 19 heavy (non-hydrogen) atoms. The van der Waals surface area contributed by atoms with Crippen molar-refractivity contribution in [3.8, 4) is 0 Å². The van der Waals surface area contributed by atoms with Crippen LogP contribution in [0.15, 0.2) is 0 Å². The summed E-state index contributed by atoms with van der Waals surface area (Å²) in [5.41, 5.74) is 0. The van der Waals surface area contributed by atoms with Crippen LogP contribution in [0.5, 0.6) is 0 Å². The van der Waals surface area contributed by atoms with Gasteiger partial charge >= 0.3 is 0 Å². The number of quaternary nitrogens is 1. The summed E-state index contributed by atoms with van der Waals surface area (Å²) < 4.78 is 17.2. The fourth-order valence-corrected chi connectivity index (χ4v) is 1.76. The van der Waals surface area contributed by atoms with E-state index in [4.69, 9.17) is 14.2 Å². The SMILES string of the molecule is C=[NH+]CCC(OC)C(CO)OC(C[N+](C)(C)C)OC. The Morgan fingerprint density at radius 2 is 1.79 bits per heavy atom. The average molecular weight is 278 g/mol. The summed E-state index contributed by atoms with van der Waals surface area (Å²) in [4.78, 5) is 2.82. The lowest BCUT2D eigenvalue weighted by Crippen LogP contribution is -2.67. The van der Waals surface area contributed by atoms with Gasteiger partial charge in [-0.25, -0.2) is 0 Å². The molecule has 3 atom stereocenters. The number of likely N-dealkylation sites (N-methyl/N-ethyl adjacent to an activating group) is 1. The predicted molar refractivity (Wildman–Crippen MR) is 74.0 cm³/mol. The highest BCUT2D eigenvalue weighted by molar-refractivity contribution is 5.12. The summed E-state index contributed by atoms with van der Waals surface area (Å²) in [6, 6.07) is 0. The molecule has 0 aromatic carbocycles. The minimum absolute atomic E-state index is 0.105. The molecule has 0 bridgehead atoms. The first-order chi connectivity index (χ1) is 8.87. The van der Waals surface area contributed by atoms with E-state index in [1.54, 1.807) is 14.2 Å². The fourth-order valence-electron chi connectivity index (χ4n) is 1.76. The van der Waals surface area contributed by atoms with Gasteiger partial charge in [-0.05, 0) is 0 Å². The number of nitrogens with one attached hydrogen (secondary N) is 1. The second-order valence-electron chi connectivity index (χ2n) is 5.56. The Balaban J connectivity index is 4.51. The molecule has 0 aromatic heterocycles. The lowest BCUT2D eigenvalue weighted by Gasteiger charge is -2.32. The Hall–Kier alpha value is -0.530. The number of hydrogen-bond donors (Lipinski definition) is 2. The maximum atomic E-state index is 9.47. The van der Waals surface area contributed by atoms with Crippen molar-refractivity contribution in [2.75, 3.05) is 55.1 Å². The number of aliphatic hydroxyl groups is 1. The topological polar surface area (TPSA) is 61.9 Å². The van der Waals surface area contributed by atoms with Crippen molar-refractivity contribution in [3.05, 3.63) is 0 Å². The van der Waals surface area contributed by atoms with E-state index in [0.717, 1.165) is 4.48 Å². The second kappa shape index (κ2) is 9.39. The van der Waals surface area contributed by atoms with Crippen molar-refractivity contribution in [1.82, 2.24) is 0 Å².